The number of ether oxygens (including phenoxy) is 1. The summed E-state index contributed by atoms with van der Waals surface area (Å²) >= 11 is 0. The Morgan fingerprint density at radius 2 is 2.25 bits per heavy atom. The average molecular weight is 225 g/mol. The molecule has 90 valence electrons. The van der Waals surface area contributed by atoms with Crippen LogP contribution < -0.4 is 0 Å². The molecule has 1 aliphatic heterocycles. The third-order valence-electron chi connectivity index (χ3n) is 2.34. The number of likely N-dealkylation sites (tertiary alicyclic amines) is 1. The lowest BCUT2D eigenvalue weighted by Gasteiger charge is -2.39. The van der Waals surface area contributed by atoms with E-state index in [0.717, 1.165) is 12.8 Å². The highest BCUT2D eigenvalue weighted by Crippen LogP contribution is 2.26. The molecule has 1 heterocycles. The van der Waals surface area contributed by atoms with Gasteiger partial charge in [0, 0.05) is 6.42 Å². The van der Waals surface area contributed by atoms with E-state index in [1.807, 2.05) is 0 Å². The fourth-order valence-electron chi connectivity index (χ4n) is 1.59. The molecule has 16 heavy (non-hydrogen) atoms. The first-order chi connectivity index (χ1) is 7.35. The van der Waals surface area contributed by atoms with Crippen molar-refractivity contribution in [3.05, 3.63) is 12.7 Å². The fraction of sp³-hybridized carbons (Fsp3) is 0.667. The zero-order valence-corrected chi connectivity index (χ0v) is 10.2. The largest absolute Gasteiger partial charge is 0.443 e. The molecule has 0 N–H and O–H groups in total. The summed E-state index contributed by atoms with van der Waals surface area (Å²) in [5, 5.41) is 0. The molecule has 1 fully saturated rings. The molecule has 0 spiro atoms. The van der Waals surface area contributed by atoms with Gasteiger partial charge in [0.25, 0.3) is 0 Å². The molecule has 0 aromatic carbocycles. The van der Waals surface area contributed by atoms with Crippen LogP contribution in [0.1, 0.15) is 40.0 Å². The molecule has 0 bridgehead atoms. The fourth-order valence-corrected chi connectivity index (χ4v) is 1.59. The maximum absolute atomic E-state index is 11.7. The van der Waals surface area contributed by atoms with Crippen LogP contribution in [-0.4, -0.2) is 28.5 Å². The highest BCUT2D eigenvalue weighted by molar-refractivity contribution is 5.97. The van der Waals surface area contributed by atoms with Crippen LogP contribution in [0, 0.1) is 0 Å². The quantitative estimate of drug-likeness (QED) is 0.547. The molecule has 0 saturated carbocycles. The third kappa shape index (κ3) is 3.08. The minimum atomic E-state index is -0.560. The zero-order chi connectivity index (χ0) is 12.3. The van der Waals surface area contributed by atoms with Crippen LogP contribution in [-0.2, 0) is 9.53 Å². The number of nitrogens with zero attached hydrogens (tertiary/aromatic N) is 1. The number of carbonyl (C=O) groups is 2. The molecule has 0 aliphatic carbocycles. The van der Waals surface area contributed by atoms with Crippen molar-refractivity contribution < 1.29 is 14.3 Å². The number of allylic oxidation sites excluding steroid dienone is 1. The lowest BCUT2D eigenvalue weighted by molar-refractivity contribution is -0.144. The van der Waals surface area contributed by atoms with E-state index in [1.54, 1.807) is 26.8 Å². The predicted octanol–water partition coefficient (Wildman–Crippen LogP) is 2.49. The Labute approximate surface area is 96.3 Å². The monoisotopic (exact) mass is 225 g/mol. The number of amides is 2. The summed E-state index contributed by atoms with van der Waals surface area (Å²) in [6, 6.07) is -0.0136. The van der Waals surface area contributed by atoms with Gasteiger partial charge in [-0.3, -0.25) is 4.79 Å². The minimum absolute atomic E-state index is 0.0136. The highest BCUT2D eigenvalue weighted by atomic mass is 16.6. The Bertz CT molecular complexity index is 304. The van der Waals surface area contributed by atoms with E-state index in [9.17, 15) is 9.59 Å². The Hall–Kier alpha value is -1.32. The molecule has 1 rings (SSSR count). The van der Waals surface area contributed by atoms with Crippen molar-refractivity contribution in [1.29, 1.82) is 0 Å². The maximum Gasteiger partial charge on any atom is 0.417 e. The van der Waals surface area contributed by atoms with Crippen LogP contribution in [0.5, 0.6) is 0 Å². The third-order valence-corrected chi connectivity index (χ3v) is 2.34. The van der Waals surface area contributed by atoms with E-state index in [2.05, 4.69) is 6.58 Å². The summed E-state index contributed by atoms with van der Waals surface area (Å²) in [7, 11) is 0. The van der Waals surface area contributed by atoms with Crippen LogP contribution in [0.15, 0.2) is 12.7 Å². The summed E-state index contributed by atoms with van der Waals surface area (Å²) in [6.07, 6.45) is 3.27. The number of carbonyl (C=O) groups excluding carboxylic acids is 2. The normalized spacial score (nSPS) is 20.3. The second-order valence-corrected chi connectivity index (χ2v) is 4.97. The van der Waals surface area contributed by atoms with Gasteiger partial charge in [-0.1, -0.05) is 6.08 Å². The van der Waals surface area contributed by atoms with Crippen molar-refractivity contribution >= 4 is 12.0 Å². The Morgan fingerprint density at radius 1 is 1.62 bits per heavy atom. The van der Waals surface area contributed by atoms with Crippen molar-refractivity contribution in [3.63, 3.8) is 0 Å². The van der Waals surface area contributed by atoms with Crippen LogP contribution in [0.25, 0.3) is 0 Å². The Morgan fingerprint density at radius 3 is 2.69 bits per heavy atom. The van der Waals surface area contributed by atoms with E-state index in [4.69, 9.17) is 4.74 Å². The van der Waals surface area contributed by atoms with Gasteiger partial charge >= 0.3 is 6.09 Å². The highest BCUT2D eigenvalue weighted by Gasteiger charge is 2.42. The predicted molar refractivity (Wildman–Crippen MR) is 60.9 cm³/mol. The van der Waals surface area contributed by atoms with E-state index >= 15 is 0 Å². The maximum atomic E-state index is 11.7. The van der Waals surface area contributed by atoms with Gasteiger partial charge in [-0.05, 0) is 33.6 Å². The molecule has 4 nitrogen and oxygen atoms in total. The molecular formula is C12H19NO3. The van der Waals surface area contributed by atoms with Gasteiger partial charge in [0.15, 0.2) is 0 Å². The van der Waals surface area contributed by atoms with Crippen molar-refractivity contribution in [3.8, 4) is 0 Å². The molecule has 4 heteroatoms. The van der Waals surface area contributed by atoms with Gasteiger partial charge < -0.3 is 4.74 Å². The number of imide groups is 1. The second-order valence-electron chi connectivity index (χ2n) is 4.97. The van der Waals surface area contributed by atoms with Crippen LogP contribution in [0.4, 0.5) is 4.79 Å². The molecule has 1 atom stereocenters. The van der Waals surface area contributed by atoms with Crippen molar-refractivity contribution in [2.45, 2.75) is 51.7 Å². The van der Waals surface area contributed by atoms with Crippen LogP contribution in [0.2, 0.25) is 0 Å². The van der Waals surface area contributed by atoms with Crippen molar-refractivity contribution in [1.82, 2.24) is 4.90 Å². The second kappa shape index (κ2) is 4.68. The topological polar surface area (TPSA) is 46.6 Å². The van der Waals surface area contributed by atoms with Gasteiger partial charge in [-0.2, -0.15) is 0 Å². The number of β-lactam (4-membered cyclic amide) rings is 1. The zero-order valence-electron chi connectivity index (χ0n) is 10.2. The molecule has 0 radical (unpaired) electrons. The van der Waals surface area contributed by atoms with Gasteiger partial charge in [-0.15, -0.1) is 6.58 Å². The average Bonchev–Trinajstić information content (AvgIpc) is 2.08. The molecule has 0 unspecified atom stereocenters. The summed E-state index contributed by atoms with van der Waals surface area (Å²) in [6.45, 7) is 8.98. The summed E-state index contributed by atoms with van der Waals surface area (Å²) < 4.78 is 5.16. The summed E-state index contributed by atoms with van der Waals surface area (Å²) in [5.74, 6) is -0.150. The number of rotatable bonds is 3. The number of hydrogen-bond donors (Lipinski definition) is 0. The van der Waals surface area contributed by atoms with E-state index in [0.29, 0.717) is 6.42 Å². The molecule has 0 aromatic heterocycles. The minimum Gasteiger partial charge on any atom is -0.443 e. The standard InChI is InChI=1S/C12H19NO3/c1-5-6-7-9-8-10(14)13(9)11(15)16-12(2,3)4/h5,9H,1,6-8H2,2-4H3/t9-/m1/s1. The van der Waals surface area contributed by atoms with Gasteiger partial charge in [-0.25, -0.2) is 9.69 Å². The number of hydrogen-bond acceptors (Lipinski definition) is 3. The van der Waals surface area contributed by atoms with E-state index in [1.165, 1.54) is 4.90 Å². The molecule has 1 aliphatic rings. The summed E-state index contributed by atoms with van der Waals surface area (Å²) in [4.78, 5) is 24.2. The van der Waals surface area contributed by atoms with Crippen LogP contribution >= 0.6 is 0 Å². The molecular weight excluding hydrogens is 206 g/mol. The van der Waals surface area contributed by atoms with E-state index < -0.39 is 11.7 Å². The van der Waals surface area contributed by atoms with Gasteiger partial charge in [0.2, 0.25) is 5.91 Å². The first-order valence-electron chi connectivity index (χ1n) is 5.51. The first-order valence-corrected chi connectivity index (χ1v) is 5.51. The van der Waals surface area contributed by atoms with Crippen LogP contribution in [0.3, 0.4) is 0 Å². The lowest BCUT2D eigenvalue weighted by atomic mass is 9.98. The van der Waals surface area contributed by atoms with E-state index in [-0.39, 0.29) is 11.9 Å². The Balaban J connectivity index is 2.53. The summed E-state index contributed by atoms with van der Waals surface area (Å²) in [5.41, 5.74) is -0.560. The van der Waals surface area contributed by atoms with Gasteiger partial charge in [0.1, 0.15) is 5.60 Å². The SMILES string of the molecule is C=CCC[C@@H]1CC(=O)N1C(=O)OC(C)(C)C. The lowest BCUT2D eigenvalue weighted by Crippen LogP contribution is -2.56. The molecule has 2 amide bonds. The molecule has 1 saturated heterocycles. The van der Waals surface area contributed by atoms with Crippen molar-refractivity contribution in [2.24, 2.45) is 0 Å². The smallest absolute Gasteiger partial charge is 0.417 e. The first kappa shape index (κ1) is 12.7. The molecule has 0 aromatic rings. The van der Waals surface area contributed by atoms with Gasteiger partial charge in [0.05, 0.1) is 6.04 Å². The van der Waals surface area contributed by atoms with Crippen molar-refractivity contribution in [2.75, 3.05) is 0 Å². The Kier molecular flexibility index (Phi) is 3.73.